The number of primary amides is 1. The Labute approximate surface area is 123 Å². The lowest BCUT2D eigenvalue weighted by Gasteiger charge is -2.11. The quantitative estimate of drug-likeness (QED) is 0.834. The topological polar surface area (TPSA) is 85.1 Å². The van der Waals surface area contributed by atoms with Gasteiger partial charge in [-0.05, 0) is 6.92 Å². The molecular formula is C9H7Cl4N3O2. The largest absolute Gasteiger partial charge is 0.368 e. The van der Waals surface area contributed by atoms with E-state index in [-0.39, 0.29) is 25.9 Å². The summed E-state index contributed by atoms with van der Waals surface area (Å²) in [5.74, 6) is -1.43. The van der Waals surface area contributed by atoms with E-state index < -0.39 is 17.9 Å². The van der Waals surface area contributed by atoms with Crippen LogP contribution in [0.2, 0.25) is 20.2 Å². The van der Waals surface area contributed by atoms with Gasteiger partial charge >= 0.3 is 0 Å². The van der Waals surface area contributed by atoms with Crippen LogP contribution < -0.4 is 11.1 Å². The molecule has 1 unspecified atom stereocenters. The van der Waals surface area contributed by atoms with Crippen molar-refractivity contribution in [3.8, 4) is 0 Å². The first-order valence-electron chi connectivity index (χ1n) is 4.55. The second kappa shape index (κ2) is 5.93. The average molecular weight is 331 g/mol. The Kier molecular flexibility index (Phi) is 5.04. The highest BCUT2D eigenvalue weighted by Gasteiger charge is 2.22. The number of nitrogens with two attached hydrogens (primary N) is 1. The van der Waals surface area contributed by atoms with Crippen LogP contribution in [-0.2, 0) is 4.79 Å². The number of hydrogen-bond donors (Lipinski definition) is 2. The first-order chi connectivity index (χ1) is 8.25. The van der Waals surface area contributed by atoms with Crippen molar-refractivity contribution in [3.63, 3.8) is 0 Å². The summed E-state index contributed by atoms with van der Waals surface area (Å²) in [7, 11) is 0. The van der Waals surface area contributed by atoms with E-state index in [1.54, 1.807) is 0 Å². The monoisotopic (exact) mass is 329 g/mol. The van der Waals surface area contributed by atoms with Gasteiger partial charge in [-0.2, -0.15) is 0 Å². The number of amides is 2. The van der Waals surface area contributed by atoms with Crippen LogP contribution in [0.25, 0.3) is 0 Å². The van der Waals surface area contributed by atoms with Gasteiger partial charge in [0.2, 0.25) is 5.91 Å². The highest BCUT2D eigenvalue weighted by atomic mass is 35.5. The Bertz CT molecular complexity index is 521. The highest BCUT2D eigenvalue weighted by Crippen LogP contribution is 2.35. The molecule has 98 valence electrons. The third kappa shape index (κ3) is 3.17. The van der Waals surface area contributed by atoms with Crippen molar-refractivity contribution in [1.82, 2.24) is 10.3 Å². The molecule has 0 spiro atoms. The van der Waals surface area contributed by atoms with E-state index in [0.29, 0.717) is 0 Å². The Morgan fingerprint density at radius 3 is 2.22 bits per heavy atom. The minimum atomic E-state index is -0.886. The number of nitrogens with one attached hydrogen (secondary N) is 1. The third-order valence-electron chi connectivity index (χ3n) is 1.97. The predicted octanol–water partition coefficient (Wildman–Crippen LogP) is 2.30. The molecule has 0 aromatic carbocycles. The maximum atomic E-state index is 11.8. The van der Waals surface area contributed by atoms with E-state index in [0.717, 1.165) is 0 Å². The zero-order valence-electron chi connectivity index (χ0n) is 8.93. The van der Waals surface area contributed by atoms with E-state index in [2.05, 4.69) is 10.3 Å². The van der Waals surface area contributed by atoms with Gasteiger partial charge in [-0.1, -0.05) is 46.4 Å². The zero-order valence-corrected chi connectivity index (χ0v) is 12.0. The number of carbonyl (C=O) groups excluding carboxylic acids is 2. The second-order valence-corrected chi connectivity index (χ2v) is 4.78. The molecule has 0 saturated carbocycles. The fraction of sp³-hybridized carbons (Fsp3) is 0.222. The van der Waals surface area contributed by atoms with E-state index >= 15 is 0 Å². The van der Waals surface area contributed by atoms with Crippen molar-refractivity contribution in [2.24, 2.45) is 5.73 Å². The minimum absolute atomic E-state index is 0.0529. The molecule has 0 saturated heterocycles. The molecule has 1 aromatic heterocycles. The van der Waals surface area contributed by atoms with Crippen molar-refractivity contribution in [2.75, 3.05) is 0 Å². The second-order valence-electron chi connectivity index (χ2n) is 3.29. The highest BCUT2D eigenvalue weighted by molar-refractivity contribution is 6.52. The number of pyridine rings is 1. The molecule has 0 aliphatic heterocycles. The van der Waals surface area contributed by atoms with Crippen LogP contribution in [0.15, 0.2) is 0 Å². The zero-order chi connectivity index (χ0) is 14.0. The standard InChI is InChI=1S/C9H7Cl4N3O2/c1-2(8(14)17)15-9(18)6-4(11)3(10)5(12)7(13)16-6/h2H,1H3,(H2,14,17)(H,15,18). The van der Waals surface area contributed by atoms with Gasteiger partial charge in [0.25, 0.3) is 5.91 Å². The summed E-state index contributed by atoms with van der Waals surface area (Å²) in [6.45, 7) is 1.41. The Hall–Kier alpha value is -0.750. The smallest absolute Gasteiger partial charge is 0.272 e. The summed E-state index contributed by atoms with van der Waals surface area (Å²) in [5, 5.41) is 1.83. The first kappa shape index (κ1) is 15.3. The molecule has 1 aromatic rings. The van der Waals surface area contributed by atoms with Gasteiger partial charge < -0.3 is 11.1 Å². The van der Waals surface area contributed by atoms with Gasteiger partial charge in [-0.15, -0.1) is 0 Å². The fourth-order valence-corrected chi connectivity index (χ4v) is 1.79. The molecule has 2 amide bonds. The number of carbonyl (C=O) groups is 2. The van der Waals surface area contributed by atoms with Crippen LogP contribution in [-0.4, -0.2) is 22.8 Å². The molecule has 1 heterocycles. The molecular weight excluding hydrogens is 324 g/mol. The third-order valence-corrected chi connectivity index (χ3v) is 3.65. The Balaban J connectivity index is 3.11. The van der Waals surface area contributed by atoms with E-state index in [4.69, 9.17) is 52.1 Å². The van der Waals surface area contributed by atoms with E-state index in [1.807, 2.05) is 0 Å². The molecule has 0 fully saturated rings. The lowest BCUT2D eigenvalue weighted by Crippen LogP contribution is -2.42. The SMILES string of the molecule is CC(NC(=O)c1nc(Cl)c(Cl)c(Cl)c1Cl)C(N)=O. The molecule has 5 nitrogen and oxygen atoms in total. The van der Waals surface area contributed by atoms with Crippen molar-refractivity contribution < 1.29 is 9.59 Å². The molecule has 0 aliphatic carbocycles. The maximum Gasteiger partial charge on any atom is 0.272 e. The lowest BCUT2D eigenvalue weighted by atomic mass is 10.3. The Morgan fingerprint density at radius 2 is 1.72 bits per heavy atom. The maximum absolute atomic E-state index is 11.8. The summed E-state index contributed by atoms with van der Waals surface area (Å²) < 4.78 is 0. The minimum Gasteiger partial charge on any atom is -0.368 e. The molecule has 0 radical (unpaired) electrons. The van der Waals surface area contributed by atoms with E-state index in [1.165, 1.54) is 6.92 Å². The van der Waals surface area contributed by atoms with Crippen LogP contribution in [0.3, 0.4) is 0 Å². The van der Waals surface area contributed by atoms with Crippen LogP contribution in [0.1, 0.15) is 17.4 Å². The van der Waals surface area contributed by atoms with Gasteiger partial charge in [-0.25, -0.2) is 4.98 Å². The molecule has 9 heteroatoms. The van der Waals surface area contributed by atoms with Gasteiger partial charge in [0.1, 0.15) is 16.9 Å². The number of hydrogen-bond acceptors (Lipinski definition) is 3. The number of halogens is 4. The summed E-state index contributed by atoms with van der Waals surface area (Å²) in [4.78, 5) is 26.3. The van der Waals surface area contributed by atoms with Crippen molar-refractivity contribution in [3.05, 3.63) is 25.9 Å². The van der Waals surface area contributed by atoms with Gasteiger partial charge in [0.15, 0.2) is 0 Å². The van der Waals surface area contributed by atoms with Crippen molar-refractivity contribution in [1.29, 1.82) is 0 Å². The summed E-state index contributed by atoms with van der Waals surface area (Å²) in [5.41, 5.74) is 4.77. The van der Waals surface area contributed by atoms with Gasteiger partial charge in [0, 0.05) is 0 Å². The number of nitrogens with zero attached hydrogens (tertiary/aromatic N) is 1. The molecule has 18 heavy (non-hydrogen) atoms. The molecule has 0 bridgehead atoms. The number of aromatic nitrogens is 1. The van der Waals surface area contributed by atoms with Crippen LogP contribution >= 0.6 is 46.4 Å². The average Bonchev–Trinajstić information content (AvgIpc) is 2.30. The van der Waals surface area contributed by atoms with Crippen molar-refractivity contribution in [2.45, 2.75) is 13.0 Å². The lowest BCUT2D eigenvalue weighted by molar-refractivity contribution is -0.119. The summed E-state index contributed by atoms with van der Waals surface area (Å²) in [6.07, 6.45) is 0. The number of rotatable bonds is 3. The molecule has 3 N–H and O–H groups in total. The predicted molar refractivity (Wildman–Crippen MR) is 70.4 cm³/mol. The first-order valence-corrected chi connectivity index (χ1v) is 6.07. The van der Waals surface area contributed by atoms with Gasteiger partial charge in [-0.3, -0.25) is 9.59 Å². The normalized spacial score (nSPS) is 12.1. The molecule has 1 atom stereocenters. The van der Waals surface area contributed by atoms with Crippen LogP contribution in [0.5, 0.6) is 0 Å². The Morgan fingerprint density at radius 1 is 1.17 bits per heavy atom. The summed E-state index contributed by atoms with van der Waals surface area (Å²) >= 11 is 23.0. The van der Waals surface area contributed by atoms with Crippen LogP contribution in [0.4, 0.5) is 0 Å². The van der Waals surface area contributed by atoms with Gasteiger partial charge in [0.05, 0.1) is 15.1 Å². The summed E-state index contributed by atoms with van der Waals surface area (Å²) in [6, 6.07) is -0.886. The molecule has 1 rings (SSSR count). The van der Waals surface area contributed by atoms with Crippen LogP contribution in [0, 0.1) is 0 Å². The molecule has 0 aliphatic rings. The van der Waals surface area contributed by atoms with Crippen molar-refractivity contribution >= 4 is 58.2 Å². The fourth-order valence-electron chi connectivity index (χ4n) is 0.974. The van der Waals surface area contributed by atoms with E-state index in [9.17, 15) is 9.59 Å².